The van der Waals surface area contributed by atoms with Gasteiger partial charge in [-0.1, -0.05) is 0 Å². The fraction of sp³-hybridized carbons (Fsp3) is 0.385. The van der Waals surface area contributed by atoms with Crippen molar-refractivity contribution in [3.8, 4) is 0 Å². The molecule has 0 aliphatic carbocycles. The maximum absolute atomic E-state index is 4.28. The Hall–Kier alpha value is -2.24. The quantitative estimate of drug-likeness (QED) is 0.894. The molecule has 19 heavy (non-hydrogen) atoms. The topological polar surface area (TPSA) is 66.8 Å². The number of rotatable bonds is 3. The van der Waals surface area contributed by atoms with Gasteiger partial charge in [0.15, 0.2) is 0 Å². The van der Waals surface area contributed by atoms with E-state index in [4.69, 9.17) is 0 Å². The molecule has 0 amide bonds. The molecule has 2 aromatic heterocycles. The van der Waals surface area contributed by atoms with Crippen molar-refractivity contribution in [2.75, 3.05) is 23.3 Å². The van der Waals surface area contributed by atoms with Gasteiger partial charge in [-0.05, 0) is 25.0 Å². The van der Waals surface area contributed by atoms with Crippen molar-refractivity contribution in [2.24, 2.45) is 0 Å². The highest BCUT2D eigenvalue weighted by atomic mass is 15.3. The molecule has 0 bridgehead atoms. The zero-order chi connectivity index (χ0) is 12.9. The van der Waals surface area contributed by atoms with Crippen LogP contribution in [0.2, 0.25) is 0 Å². The van der Waals surface area contributed by atoms with E-state index >= 15 is 0 Å². The number of anilines is 2. The molecule has 1 aliphatic heterocycles. The second-order valence-corrected chi connectivity index (χ2v) is 4.53. The first-order chi connectivity index (χ1) is 9.42. The number of nitrogens with one attached hydrogen (secondary N) is 1. The van der Waals surface area contributed by atoms with E-state index in [1.54, 1.807) is 24.8 Å². The summed E-state index contributed by atoms with van der Waals surface area (Å²) in [6, 6.07) is 4.08. The lowest BCUT2D eigenvalue weighted by Gasteiger charge is -2.32. The van der Waals surface area contributed by atoms with Crippen molar-refractivity contribution in [1.29, 1.82) is 0 Å². The van der Waals surface area contributed by atoms with Crippen LogP contribution in [0, 0.1) is 0 Å². The van der Waals surface area contributed by atoms with Gasteiger partial charge in [0.25, 0.3) is 0 Å². The van der Waals surface area contributed by atoms with Crippen LogP contribution >= 0.6 is 0 Å². The van der Waals surface area contributed by atoms with E-state index in [1.165, 1.54) is 0 Å². The van der Waals surface area contributed by atoms with Gasteiger partial charge >= 0.3 is 0 Å². The lowest BCUT2D eigenvalue weighted by Crippen LogP contribution is -2.40. The highest BCUT2D eigenvalue weighted by Crippen LogP contribution is 2.17. The third kappa shape index (κ3) is 2.96. The minimum absolute atomic E-state index is 0.419. The summed E-state index contributed by atoms with van der Waals surface area (Å²) in [5.41, 5.74) is 0. The summed E-state index contributed by atoms with van der Waals surface area (Å²) in [6.07, 6.45) is 9.15. The van der Waals surface area contributed by atoms with E-state index in [1.807, 2.05) is 12.1 Å². The molecule has 3 rings (SSSR count). The van der Waals surface area contributed by atoms with Crippen molar-refractivity contribution in [2.45, 2.75) is 18.9 Å². The van der Waals surface area contributed by atoms with Gasteiger partial charge in [-0.3, -0.25) is 0 Å². The van der Waals surface area contributed by atoms with Crippen molar-refractivity contribution in [3.63, 3.8) is 0 Å². The van der Waals surface area contributed by atoms with Gasteiger partial charge in [0.05, 0.1) is 0 Å². The maximum Gasteiger partial charge on any atom is 0.225 e. The van der Waals surface area contributed by atoms with Crippen LogP contribution < -0.4 is 10.2 Å². The van der Waals surface area contributed by atoms with Gasteiger partial charge in [-0.25, -0.2) is 19.9 Å². The number of aromatic nitrogens is 4. The first kappa shape index (κ1) is 11.8. The number of hydrogen-bond donors (Lipinski definition) is 1. The predicted octanol–water partition coefficient (Wildman–Crippen LogP) is 1.35. The average Bonchev–Trinajstić information content (AvgIpc) is 2.50. The van der Waals surface area contributed by atoms with Gasteiger partial charge in [0.1, 0.15) is 0 Å². The van der Waals surface area contributed by atoms with E-state index in [0.717, 1.165) is 31.9 Å². The van der Waals surface area contributed by atoms with Crippen LogP contribution in [0.25, 0.3) is 0 Å². The molecule has 0 spiro atoms. The van der Waals surface area contributed by atoms with Crippen LogP contribution in [0.15, 0.2) is 36.9 Å². The molecule has 3 heterocycles. The third-order valence-corrected chi connectivity index (χ3v) is 3.23. The van der Waals surface area contributed by atoms with Crippen molar-refractivity contribution in [1.82, 2.24) is 19.9 Å². The Morgan fingerprint density at radius 3 is 2.11 bits per heavy atom. The minimum Gasteiger partial charge on any atom is -0.351 e. The summed E-state index contributed by atoms with van der Waals surface area (Å²) >= 11 is 0. The normalized spacial score (nSPS) is 16.3. The van der Waals surface area contributed by atoms with Crippen LogP contribution in [-0.4, -0.2) is 39.1 Å². The molecule has 0 saturated carbocycles. The fourth-order valence-corrected chi connectivity index (χ4v) is 2.23. The highest BCUT2D eigenvalue weighted by molar-refractivity contribution is 5.31. The smallest absolute Gasteiger partial charge is 0.225 e. The third-order valence-electron chi connectivity index (χ3n) is 3.23. The average molecular weight is 256 g/mol. The maximum atomic E-state index is 4.28. The van der Waals surface area contributed by atoms with E-state index in [-0.39, 0.29) is 0 Å². The zero-order valence-electron chi connectivity index (χ0n) is 10.6. The summed E-state index contributed by atoms with van der Waals surface area (Å²) in [5.74, 6) is 1.52. The summed E-state index contributed by atoms with van der Waals surface area (Å²) in [7, 11) is 0. The van der Waals surface area contributed by atoms with Crippen LogP contribution in [-0.2, 0) is 0 Å². The summed E-state index contributed by atoms with van der Waals surface area (Å²) < 4.78 is 0. The van der Waals surface area contributed by atoms with Gasteiger partial charge in [0.2, 0.25) is 11.9 Å². The monoisotopic (exact) mass is 256 g/mol. The molecule has 0 atom stereocenters. The standard InChI is InChI=1S/C13H16N6/c1-5-14-12(15-6-1)18-11-3-9-19(10-4-11)13-16-7-2-8-17-13/h1-2,5-8,11H,3-4,9-10H2,(H,14,15,18). The summed E-state index contributed by atoms with van der Waals surface area (Å²) in [5, 5.41) is 3.36. The van der Waals surface area contributed by atoms with Crippen molar-refractivity contribution in [3.05, 3.63) is 36.9 Å². The molecule has 1 N–H and O–H groups in total. The first-order valence-electron chi connectivity index (χ1n) is 6.47. The van der Waals surface area contributed by atoms with Crippen molar-refractivity contribution >= 4 is 11.9 Å². The van der Waals surface area contributed by atoms with Crippen LogP contribution in [0.1, 0.15) is 12.8 Å². The molecule has 6 nitrogen and oxygen atoms in total. The Bertz CT molecular complexity index is 495. The van der Waals surface area contributed by atoms with E-state index in [2.05, 4.69) is 30.2 Å². The molecule has 6 heteroatoms. The van der Waals surface area contributed by atoms with Crippen LogP contribution in [0.3, 0.4) is 0 Å². The van der Waals surface area contributed by atoms with Gasteiger partial charge in [-0.15, -0.1) is 0 Å². The molecule has 1 fully saturated rings. The lowest BCUT2D eigenvalue weighted by atomic mass is 10.1. The van der Waals surface area contributed by atoms with Gasteiger partial charge < -0.3 is 10.2 Å². The Kier molecular flexibility index (Phi) is 3.49. The largest absolute Gasteiger partial charge is 0.351 e. The highest BCUT2D eigenvalue weighted by Gasteiger charge is 2.20. The van der Waals surface area contributed by atoms with Gasteiger partial charge in [-0.2, -0.15) is 0 Å². The molecule has 0 radical (unpaired) electrons. The zero-order valence-corrected chi connectivity index (χ0v) is 10.6. The number of piperidine rings is 1. The number of nitrogens with zero attached hydrogens (tertiary/aromatic N) is 5. The lowest BCUT2D eigenvalue weighted by molar-refractivity contribution is 0.517. The Morgan fingerprint density at radius 2 is 1.47 bits per heavy atom. The molecule has 1 saturated heterocycles. The van der Waals surface area contributed by atoms with Crippen molar-refractivity contribution < 1.29 is 0 Å². The predicted molar refractivity (Wildman–Crippen MR) is 72.9 cm³/mol. The van der Waals surface area contributed by atoms with Crippen LogP contribution in [0.5, 0.6) is 0 Å². The fourth-order valence-electron chi connectivity index (χ4n) is 2.23. The van der Waals surface area contributed by atoms with E-state index in [0.29, 0.717) is 12.0 Å². The van der Waals surface area contributed by atoms with Gasteiger partial charge in [0, 0.05) is 43.9 Å². The summed E-state index contributed by atoms with van der Waals surface area (Å²) in [6.45, 7) is 1.91. The second kappa shape index (κ2) is 5.60. The molecule has 98 valence electrons. The Balaban J connectivity index is 1.55. The molecule has 0 aromatic carbocycles. The summed E-state index contributed by atoms with van der Waals surface area (Å²) in [4.78, 5) is 19.2. The SMILES string of the molecule is c1cnc(NC2CCN(c3ncccn3)CC2)nc1. The van der Waals surface area contributed by atoms with E-state index < -0.39 is 0 Å². The van der Waals surface area contributed by atoms with E-state index in [9.17, 15) is 0 Å². The Labute approximate surface area is 111 Å². The Morgan fingerprint density at radius 1 is 0.895 bits per heavy atom. The molecular formula is C13H16N6. The van der Waals surface area contributed by atoms with Crippen LogP contribution in [0.4, 0.5) is 11.9 Å². The molecule has 1 aliphatic rings. The molecule has 0 unspecified atom stereocenters. The minimum atomic E-state index is 0.419. The molecular weight excluding hydrogens is 240 g/mol. The molecule has 2 aromatic rings. The number of hydrogen-bond acceptors (Lipinski definition) is 6. The first-order valence-corrected chi connectivity index (χ1v) is 6.47. The second-order valence-electron chi connectivity index (χ2n) is 4.53.